The molecule has 0 saturated carbocycles. The van der Waals surface area contributed by atoms with E-state index in [4.69, 9.17) is 4.52 Å². The average molecular weight is 316 g/mol. The molecule has 2 heterocycles. The maximum absolute atomic E-state index is 12.2. The van der Waals surface area contributed by atoms with Crippen molar-refractivity contribution in [2.45, 2.75) is 31.9 Å². The molecule has 7 heteroatoms. The van der Waals surface area contributed by atoms with Crippen LogP contribution in [0.5, 0.6) is 0 Å². The summed E-state index contributed by atoms with van der Waals surface area (Å²) < 4.78 is 5.25. The number of nitrogens with zero attached hydrogens (tertiary/aromatic N) is 3. The molecule has 0 bridgehead atoms. The van der Waals surface area contributed by atoms with E-state index in [1.807, 2.05) is 30.3 Å². The van der Waals surface area contributed by atoms with Gasteiger partial charge in [0.15, 0.2) is 5.82 Å². The van der Waals surface area contributed by atoms with Gasteiger partial charge in [-0.25, -0.2) is 4.79 Å². The molecule has 1 fully saturated rings. The number of hydrogen-bond donors (Lipinski definition) is 2. The number of likely N-dealkylation sites (tertiary alicyclic amines) is 1. The molecule has 122 valence electrons. The molecular weight excluding hydrogens is 296 g/mol. The summed E-state index contributed by atoms with van der Waals surface area (Å²) in [6.45, 7) is 2.81. The van der Waals surface area contributed by atoms with E-state index < -0.39 is 6.10 Å². The van der Waals surface area contributed by atoms with Gasteiger partial charge in [-0.2, -0.15) is 4.98 Å². The van der Waals surface area contributed by atoms with Crippen LogP contribution in [-0.2, 0) is 0 Å². The highest BCUT2D eigenvalue weighted by molar-refractivity contribution is 5.74. The molecule has 1 aromatic carbocycles. The minimum absolute atomic E-state index is 0.220. The summed E-state index contributed by atoms with van der Waals surface area (Å²) in [6, 6.07) is 8.88. The number of amides is 2. The number of aliphatic hydroxyl groups is 1. The Balaban J connectivity index is 1.63. The summed E-state index contributed by atoms with van der Waals surface area (Å²) in [5, 5.41) is 16.4. The lowest BCUT2D eigenvalue weighted by atomic mass is 10.1. The number of urea groups is 1. The zero-order valence-electron chi connectivity index (χ0n) is 13.0. The maximum atomic E-state index is 12.2. The maximum Gasteiger partial charge on any atom is 0.318 e. The second-order valence-corrected chi connectivity index (χ2v) is 5.74. The number of benzene rings is 1. The first-order valence-electron chi connectivity index (χ1n) is 7.76. The Labute approximate surface area is 134 Å². The van der Waals surface area contributed by atoms with Crippen LogP contribution in [0.25, 0.3) is 11.5 Å². The quantitative estimate of drug-likeness (QED) is 0.903. The summed E-state index contributed by atoms with van der Waals surface area (Å²) >= 11 is 0. The van der Waals surface area contributed by atoms with Gasteiger partial charge >= 0.3 is 6.03 Å². The molecule has 1 aromatic heterocycles. The Morgan fingerprint density at radius 2 is 2.22 bits per heavy atom. The van der Waals surface area contributed by atoms with Crippen LogP contribution in [0.15, 0.2) is 34.9 Å². The summed E-state index contributed by atoms with van der Waals surface area (Å²) in [6.07, 6.45) is 1.10. The normalized spacial score (nSPS) is 19.4. The van der Waals surface area contributed by atoms with Gasteiger partial charge in [0.2, 0.25) is 0 Å². The van der Waals surface area contributed by atoms with Crippen LogP contribution in [0.4, 0.5) is 4.79 Å². The van der Waals surface area contributed by atoms with E-state index in [0.717, 1.165) is 18.4 Å². The number of β-amino-alcohol motifs (C(OH)–C–C–N with tert-alkyl or cyclic N) is 1. The predicted molar refractivity (Wildman–Crippen MR) is 83.5 cm³/mol. The van der Waals surface area contributed by atoms with Gasteiger partial charge in [-0.15, -0.1) is 0 Å². The number of nitrogens with one attached hydrogen (secondary N) is 1. The molecule has 1 aliphatic heterocycles. The standard InChI is InChI=1S/C16H20N4O3/c1-11(17-16(22)20-9-5-8-13(21)10-20)14-18-15(23-19-14)12-6-3-2-4-7-12/h2-4,6-7,11,13,21H,5,8-10H2,1H3,(H,17,22). The van der Waals surface area contributed by atoms with Gasteiger partial charge in [-0.05, 0) is 31.9 Å². The van der Waals surface area contributed by atoms with Crippen molar-refractivity contribution in [1.29, 1.82) is 0 Å². The highest BCUT2D eigenvalue weighted by Gasteiger charge is 2.24. The highest BCUT2D eigenvalue weighted by Crippen LogP contribution is 2.19. The smallest absolute Gasteiger partial charge is 0.318 e. The minimum Gasteiger partial charge on any atom is -0.391 e. The van der Waals surface area contributed by atoms with E-state index in [9.17, 15) is 9.90 Å². The lowest BCUT2D eigenvalue weighted by Crippen LogP contribution is -2.47. The Kier molecular flexibility index (Phi) is 4.57. The Hall–Kier alpha value is -2.41. The van der Waals surface area contributed by atoms with Crippen LogP contribution in [0, 0.1) is 0 Å². The molecule has 0 aliphatic carbocycles. The third-order valence-electron chi connectivity index (χ3n) is 3.87. The number of carbonyl (C=O) groups is 1. The topological polar surface area (TPSA) is 91.5 Å². The van der Waals surface area contributed by atoms with E-state index in [1.165, 1.54) is 0 Å². The van der Waals surface area contributed by atoms with Gasteiger partial charge in [0, 0.05) is 18.7 Å². The van der Waals surface area contributed by atoms with E-state index >= 15 is 0 Å². The number of aliphatic hydroxyl groups excluding tert-OH is 1. The van der Waals surface area contributed by atoms with Crippen molar-refractivity contribution in [2.75, 3.05) is 13.1 Å². The van der Waals surface area contributed by atoms with Crippen LogP contribution >= 0.6 is 0 Å². The first-order chi connectivity index (χ1) is 11.1. The molecule has 0 spiro atoms. The number of hydrogen-bond acceptors (Lipinski definition) is 5. The van der Waals surface area contributed by atoms with Crippen LogP contribution < -0.4 is 5.32 Å². The zero-order chi connectivity index (χ0) is 16.2. The summed E-state index contributed by atoms with van der Waals surface area (Å²) in [7, 11) is 0. The second kappa shape index (κ2) is 6.78. The van der Waals surface area contributed by atoms with Gasteiger partial charge in [0.25, 0.3) is 5.89 Å². The van der Waals surface area contributed by atoms with Gasteiger partial charge in [0.1, 0.15) is 0 Å². The van der Waals surface area contributed by atoms with Gasteiger partial charge in [-0.3, -0.25) is 0 Å². The van der Waals surface area contributed by atoms with Crippen molar-refractivity contribution in [3.63, 3.8) is 0 Å². The molecule has 2 amide bonds. The van der Waals surface area contributed by atoms with Crippen LogP contribution in [0.3, 0.4) is 0 Å². The van der Waals surface area contributed by atoms with Crippen LogP contribution in [0.2, 0.25) is 0 Å². The SMILES string of the molecule is CC(NC(=O)N1CCCC(O)C1)c1noc(-c2ccccc2)n1. The third kappa shape index (κ3) is 3.68. The highest BCUT2D eigenvalue weighted by atomic mass is 16.5. The molecule has 1 saturated heterocycles. The molecular formula is C16H20N4O3. The third-order valence-corrected chi connectivity index (χ3v) is 3.87. The fourth-order valence-electron chi connectivity index (χ4n) is 2.59. The van der Waals surface area contributed by atoms with Gasteiger partial charge < -0.3 is 19.8 Å². The predicted octanol–water partition coefficient (Wildman–Crippen LogP) is 1.96. The van der Waals surface area contributed by atoms with E-state index in [1.54, 1.807) is 11.8 Å². The van der Waals surface area contributed by atoms with Crippen LogP contribution in [0.1, 0.15) is 31.6 Å². The van der Waals surface area contributed by atoms with Crippen LogP contribution in [-0.4, -0.2) is 45.4 Å². The van der Waals surface area contributed by atoms with E-state index in [-0.39, 0.29) is 12.1 Å². The monoisotopic (exact) mass is 316 g/mol. The number of rotatable bonds is 3. The average Bonchev–Trinajstić information content (AvgIpc) is 3.06. The molecule has 2 aromatic rings. The first kappa shape index (κ1) is 15.5. The van der Waals surface area contributed by atoms with Crippen molar-refractivity contribution < 1.29 is 14.4 Å². The Bertz CT molecular complexity index is 658. The van der Waals surface area contributed by atoms with Crippen molar-refractivity contribution >= 4 is 6.03 Å². The fourth-order valence-corrected chi connectivity index (χ4v) is 2.59. The Morgan fingerprint density at radius 1 is 1.43 bits per heavy atom. The summed E-state index contributed by atoms with van der Waals surface area (Å²) in [5.41, 5.74) is 0.837. The molecule has 23 heavy (non-hydrogen) atoms. The zero-order valence-corrected chi connectivity index (χ0v) is 13.0. The second-order valence-electron chi connectivity index (χ2n) is 5.74. The lowest BCUT2D eigenvalue weighted by molar-refractivity contribution is 0.0833. The number of carbonyl (C=O) groups excluding carboxylic acids is 1. The van der Waals surface area contributed by atoms with Crippen molar-refractivity contribution in [2.24, 2.45) is 0 Å². The van der Waals surface area contributed by atoms with Crippen molar-refractivity contribution in [1.82, 2.24) is 20.4 Å². The number of piperidine rings is 1. The molecule has 2 N–H and O–H groups in total. The largest absolute Gasteiger partial charge is 0.391 e. The van der Waals surface area contributed by atoms with Gasteiger partial charge in [-0.1, -0.05) is 23.4 Å². The number of aromatic nitrogens is 2. The Morgan fingerprint density at radius 3 is 2.96 bits per heavy atom. The van der Waals surface area contributed by atoms with Crippen molar-refractivity contribution in [3.8, 4) is 11.5 Å². The van der Waals surface area contributed by atoms with Crippen molar-refractivity contribution in [3.05, 3.63) is 36.2 Å². The molecule has 3 rings (SSSR count). The molecule has 1 aliphatic rings. The molecule has 2 unspecified atom stereocenters. The molecule has 2 atom stereocenters. The fraction of sp³-hybridized carbons (Fsp3) is 0.438. The summed E-state index contributed by atoms with van der Waals surface area (Å²) in [4.78, 5) is 18.2. The van der Waals surface area contributed by atoms with E-state index in [0.29, 0.717) is 24.8 Å². The lowest BCUT2D eigenvalue weighted by Gasteiger charge is -2.30. The summed E-state index contributed by atoms with van der Waals surface area (Å²) in [5.74, 6) is 0.852. The molecule has 7 nitrogen and oxygen atoms in total. The first-order valence-corrected chi connectivity index (χ1v) is 7.76. The van der Waals surface area contributed by atoms with Gasteiger partial charge in [0.05, 0.1) is 12.1 Å². The minimum atomic E-state index is -0.445. The molecule has 0 radical (unpaired) electrons. The van der Waals surface area contributed by atoms with E-state index in [2.05, 4.69) is 15.5 Å².